The molecule has 1 heterocycles. The molecule has 2 aliphatic carbocycles. The van der Waals surface area contributed by atoms with E-state index in [1.807, 2.05) is 0 Å². The Balaban J connectivity index is 1.69. The summed E-state index contributed by atoms with van der Waals surface area (Å²) < 4.78 is 5.41. The molecule has 3 aliphatic rings. The first-order valence-corrected chi connectivity index (χ1v) is 6.81. The van der Waals surface area contributed by atoms with Crippen LogP contribution in [0, 0.1) is 34.5 Å². The van der Waals surface area contributed by atoms with Crippen LogP contribution >= 0.6 is 0 Å². The van der Waals surface area contributed by atoms with Crippen molar-refractivity contribution in [3.63, 3.8) is 0 Å². The fourth-order valence-corrected chi connectivity index (χ4v) is 4.34. The van der Waals surface area contributed by atoms with Crippen molar-refractivity contribution in [3.05, 3.63) is 0 Å². The topological polar surface area (TPSA) is 33.0 Å². The average Bonchev–Trinajstić information content (AvgIpc) is 2.91. The number of nitrogens with zero attached hydrogens (tertiary/aromatic N) is 1. The van der Waals surface area contributed by atoms with E-state index in [-0.39, 0.29) is 5.41 Å². The van der Waals surface area contributed by atoms with Crippen molar-refractivity contribution in [2.75, 3.05) is 13.2 Å². The van der Waals surface area contributed by atoms with Gasteiger partial charge in [0, 0.05) is 13.2 Å². The zero-order valence-electron chi connectivity index (χ0n) is 9.95. The van der Waals surface area contributed by atoms with Gasteiger partial charge < -0.3 is 4.74 Å². The van der Waals surface area contributed by atoms with Gasteiger partial charge in [-0.25, -0.2) is 0 Å². The summed E-state index contributed by atoms with van der Waals surface area (Å²) in [5.41, 5.74) is 0.0604. The molecule has 1 aliphatic heterocycles. The minimum atomic E-state index is 0.0604. The normalized spacial score (nSPS) is 43.4. The highest BCUT2D eigenvalue weighted by molar-refractivity contribution is 5.12. The highest BCUT2D eigenvalue weighted by Gasteiger charge is 2.51. The smallest absolute Gasteiger partial charge is 0.0692 e. The van der Waals surface area contributed by atoms with E-state index in [0.29, 0.717) is 0 Å². The lowest BCUT2D eigenvalue weighted by molar-refractivity contribution is 0.0459. The van der Waals surface area contributed by atoms with Crippen LogP contribution in [0.5, 0.6) is 0 Å². The van der Waals surface area contributed by atoms with Crippen LogP contribution < -0.4 is 0 Å². The molecule has 3 atom stereocenters. The number of hydrogen-bond acceptors (Lipinski definition) is 2. The summed E-state index contributed by atoms with van der Waals surface area (Å²) in [4.78, 5) is 0. The second kappa shape index (κ2) is 4.04. The molecule has 1 saturated heterocycles. The van der Waals surface area contributed by atoms with E-state index in [0.717, 1.165) is 37.4 Å². The maximum absolute atomic E-state index is 9.59. The van der Waals surface area contributed by atoms with Crippen LogP contribution in [0.25, 0.3) is 0 Å². The van der Waals surface area contributed by atoms with Crippen molar-refractivity contribution in [1.82, 2.24) is 0 Å². The quantitative estimate of drug-likeness (QED) is 0.714. The monoisotopic (exact) mass is 219 g/mol. The van der Waals surface area contributed by atoms with Crippen molar-refractivity contribution in [2.24, 2.45) is 23.2 Å². The van der Waals surface area contributed by atoms with Crippen molar-refractivity contribution in [1.29, 1.82) is 5.26 Å². The van der Waals surface area contributed by atoms with Crippen LogP contribution in [0.1, 0.15) is 44.9 Å². The summed E-state index contributed by atoms with van der Waals surface area (Å²) in [6.45, 7) is 1.83. The van der Waals surface area contributed by atoms with Crippen molar-refractivity contribution < 1.29 is 4.74 Å². The molecule has 88 valence electrons. The predicted octanol–water partition coefficient (Wildman–Crippen LogP) is 3.13. The van der Waals surface area contributed by atoms with Crippen LogP contribution in [-0.2, 0) is 4.74 Å². The SMILES string of the molecule is N#CC1(CC2CCOCC2)CC2CCC1C2. The molecular formula is C14H21NO. The molecule has 0 amide bonds. The first kappa shape index (κ1) is 10.6. The molecule has 3 fully saturated rings. The molecule has 0 aromatic heterocycles. The Morgan fingerprint density at radius 3 is 2.56 bits per heavy atom. The van der Waals surface area contributed by atoms with Crippen LogP contribution in [0.3, 0.4) is 0 Å². The Morgan fingerprint density at radius 1 is 1.19 bits per heavy atom. The highest BCUT2D eigenvalue weighted by Crippen LogP contribution is 2.58. The van der Waals surface area contributed by atoms with Gasteiger partial charge in [-0.1, -0.05) is 6.42 Å². The molecular weight excluding hydrogens is 198 g/mol. The minimum Gasteiger partial charge on any atom is -0.381 e. The number of rotatable bonds is 2. The molecule has 3 unspecified atom stereocenters. The van der Waals surface area contributed by atoms with Gasteiger partial charge in [-0.3, -0.25) is 0 Å². The molecule has 0 radical (unpaired) electrons. The molecule has 2 saturated carbocycles. The Labute approximate surface area is 98.0 Å². The number of nitriles is 1. The summed E-state index contributed by atoms with van der Waals surface area (Å²) in [5.74, 6) is 2.36. The van der Waals surface area contributed by atoms with E-state index in [2.05, 4.69) is 6.07 Å². The molecule has 0 N–H and O–H groups in total. The van der Waals surface area contributed by atoms with E-state index < -0.39 is 0 Å². The fraction of sp³-hybridized carbons (Fsp3) is 0.929. The van der Waals surface area contributed by atoms with Gasteiger partial charge in [-0.15, -0.1) is 0 Å². The molecule has 0 spiro atoms. The molecule has 2 nitrogen and oxygen atoms in total. The fourth-order valence-electron chi connectivity index (χ4n) is 4.34. The van der Waals surface area contributed by atoms with Gasteiger partial charge in [0.05, 0.1) is 11.5 Å². The van der Waals surface area contributed by atoms with Crippen LogP contribution in [0.2, 0.25) is 0 Å². The first-order chi connectivity index (χ1) is 7.82. The number of ether oxygens (including phenoxy) is 1. The zero-order valence-corrected chi connectivity index (χ0v) is 9.95. The standard InChI is InChI=1S/C14H21NO/c15-10-14(8-11-3-5-16-6-4-11)9-12-1-2-13(14)7-12/h11-13H,1-9H2. The molecule has 0 aromatic rings. The average molecular weight is 219 g/mol. The van der Waals surface area contributed by atoms with Gasteiger partial charge in [0.2, 0.25) is 0 Å². The second-order valence-electron chi connectivity index (χ2n) is 6.11. The lowest BCUT2D eigenvalue weighted by Crippen LogP contribution is -2.31. The van der Waals surface area contributed by atoms with Crippen LogP contribution in [-0.4, -0.2) is 13.2 Å². The predicted molar refractivity (Wildman–Crippen MR) is 61.7 cm³/mol. The largest absolute Gasteiger partial charge is 0.381 e. The number of fused-ring (bicyclic) bond motifs is 2. The van der Waals surface area contributed by atoms with E-state index >= 15 is 0 Å². The third kappa shape index (κ3) is 1.66. The summed E-state index contributed by atoms with van der Waals surface area (Å²) in [6.07, 6.45) is 8.78. The molecule has 3 rings (SSSR count). The van der Waals surface area contributed by atoms with Crippen molar-refractivity contribution >= 4 is 0 Å². The van der Waals surface area contributed by atoms with Crippen LogP contribution in [0.4, 0.5) is 0 Å². The molecule has 16 heavy (non-hydrogen) atoms. The number of hydrogen-bond donors (Lipinski definition) is 0. The van der Waals surface area contributed by atoms with Gasteiger partial charge in [0.15, 0.2) is 0 Å². The van der Waals surface area contributed by atoms with E-state index in [4.69, 9.17) is 4.74 Å². The lowest BCUT2D eigenvalue weighted by Gasteiger charge is -2.35. The third-order valence-electron chi connectivity index (χ3n) is 5.19. The Bertz CT molecular complexity index is 302. The summed E-state index contributed by atoms with van der Waals surface area (Å²) in [6, 6.07) is 2.72. The third-order valence-corrected chi connectivity index (χ3v) is 5.19. The summed E-state index contributed by atoms with van der Waals surface area (Å²) in [5, 5.41) is 9.59. The van der Waals surface area contributed by atoms with Crippen LogP contribution in [0.15, 0.2) is 0 Å². The second-order valence-corrected chi connectivity index (χ2v) is 6.11. The summed E-state index contributed by atoms with van der Waals surface area (Å²) in [7, 11) is 0. The highest BCUT2D eigenvalue weighted by atomic mass is 16.5. The van der Waals surface area contributed by atoms with Gasteiger partial charge >= 0.3 is 0 Å². The Morgan fingerprint density at radius 2 is 2.00 bits per heavy atom. The molecule has 0 aromatic carbocycles. The molecule has 2 bridgehead atoms. The zero-order chi connectivity index (χ0) is 11.0. The van der Waals surface area contributed by atoms with E-state index in [1.54, 1.807) is 0 Å². The van der Waals surface area contributed by atoms with Gasteiger partial charge in [-0.2, -0.15) is 5.26 Å². The maximum atomic E-state index is 9.59. The Hall–Kier alpha value is -0.550. The van der Waals surface area contributed by atoms with Crippen molar-refractivity contribution in [2.45, 2.75) is 44.9 Å². The molecule has 2 heteroatoms. The Kier molecular flexibility index (Phi) is 2.67. The van der Waals surface area contributed by atoms with E-state index in [1.165, 1.54) is 38.5 Å². The maximum Gasteiger partial charge on any atom is 0.0692 e. The van der Waals surface area contributed by atoms with Crippen molar-refractivity contribution in [3.8, 4) is 6.07 Å². The minimum absolute atomic E-state index is 0.0604. The first-order valence-electron chi connectivity index (χ1n) is 6.81. The van der Waals surface area contributed by atoms with Gasteiger partial charge in [0.1, 0.15) is 0 Å². The van der Waals surface area contributed by atoms with E-state index in [9.17, 15) is 5.26 Å². The van der Waals surface area contributed by atoms with Gasteiger partial charge in [-0.05, 0) is 56.3 Å². The summed E-state index contributed by atoms with van der Waals surface area (Å²) >= 11 is 0. The van der Waals surface area contributed by atoms with Gasteiger partial charge in [0.25, 0.3) is 0 Å². The lowest BCUT2D eigenvalue weighted by atomic mass is 9.68.